The number of aliphatic hydroxyl groups is 4. The van der Waals surface area contributed by atoms with Crippen LogP contribution in [0.5, 0.6) is 5.75 Å². The molecule has 2 aromatic rings. The van der Waals surface area contributed by atoms with Gasteiger partial charge in [-0.25, -0.2) is 0 Å². The molecular weight excluding hydrogens is 1310 g/mol. The lowest BCUT2D eigenvalue weighted by atomic mass is 9.99. The van der Waals surface area contributed by atoms with Gasteiger partial charge in [-0.05, 0) is 68.2 Å². The molecule has 0 aromatic heterocycles. The molecule has 36 heteroatoms. The zero-order chi connectivity index (χ0) is 71.1. The molecule has 3 heterocycles. The molecule has 34 nitrogen and oxygen atoms in total. The number of unbranched alkanes of at least 4 members (excludes halogenated alkanes) is 5. The Labute approximate surface area is 567 Å². The molecule has 0 spiro atoms. The number of rotatable bonds is 31. The molecule has 97 heavy (non-hydrogen) atoms. The zero-order valence-corrected chi connectivity index (χ0v) is 55.1. The Bertz CT molecular complexity index is 3030. The number of aromatic hydroxyl groups is 1. The van der Waals surface area contributed by atoms with Crippen LogP contribution in [0.2, 0.25) is 0 Å². The van der Waals surface area contributed by atoms with Crippen molar-refractivity contribution < 1.29 is 92.5 Å². The van der Waals surface area contributed by atoms with E-state index in [-0.39, 0.29) is 87.9 Å². The van der Waals surface area contributed by atoms with Crippen LogP contribution in [0.15, 0.2) is 59.6 Å². The van der Waals surface area contributed by atoms with Crippen molar-refractivity contribution in [1.82, 2.24) is 47.4 Å². The van der Waals surface area contributed by atoms with Crippen LogP contribution in [0.4, 0.5) is 0 Å². The summed E-state index contributed by atoms with van der Waals surface area (Å²) in [6.07, 6.45) is -5.53. The number of carbonyl (C=O) groups excluding carboxylic acids is 12. The van der Waals surface area contributed by atoms with Gasteiger partial charge < -0.3 is 111 Å². The fraction of sp³-hybridized carbons (Fsp3) is 0.590. The number of aliphatic imine (C=N–C) groups is 1. The first-order valence-corrected chi connectivity index (χ1v) is 34.3. The molecule has 2 aromatic carbocycles. The Hall–Kier alpha value is -8.39. The Morgan fingerprint density at radius 1 is 0.670 bits per heavy atom. The molecule has 12 amide bonds. The van der Waals surface area contributed by atoms with Crippen LogP contribution in [-0.4, -0.2) is 231 Å². The highest BCUT2D eigenvalue weighted by Crippen LogP contribution is 2.27. The Kier molecular flexibility index (Phi) is 33.5. The molecule has 3 saturated heterocycles. The smallest absolute Gasteiger partial charge is 0.246 e. The molecule has 23 N–H and O–H groups in total. The van der Waals surface area contributed by atoms with Gasteiger partial charge in [0.1, 0.15) is 78.5 Å². The van der Waals surface area contributed by atoms with Crippen LogP contribution >= 0.6 is 21.6 Å². The summed E-state index contributed by atoms with van der Waals surface area (Å²) in [5.74, 6) is -12.0. The second-order valence-electron chi connectivity index (χ2n) is 23.6. The van der Waals surface area contributed by atoms with E-state index in [1.807, 2.05) is 0 Å². The lowest BCUT2D eigenvalue weighted by Gasteiger charge is -2.39. The van der Waals surface area contributed by atoms with Crippen molar-refractivity contribution in [3.05, 3.63) is 65.7 Å². The predicted molar refractivity (Wildman–Crippen MR) is 352 cm³/mol. The molecule has 0 unspecified atom stereocenters. The molecule has 0 saturated carbocycles. The minimum atomic E-state index is -1.87. The van der Waals surface area contributed by atoms with Gasteiger partial charge in [-0.2, -0.15) is 0 Å². The molecular formula is C61H91N15O19S2. The van der Waals surface area contributed by atoms with Crippen molar-refractivity contribution in [2.24, 2.45) is 33.7 Å². The van der Waals surface area contributed by atoms with E-state index in [1.165, 1.54) is 24.3 Å². The van der Waals surface area contributed by atoms with Crippen molar-refractivity contribution in [1.29, 1.82) is 0 Å². The standard InChI is InChI=1S/C61H91N15O19S2/c62-45(79)22-21-37-53(87)74-40(28-46(63)80)56(90)75-42(59(93)76-24-11-15-43(76)58(92)71-36(14-10-23-67-61(65)66)52(86)68-29-47(64)81)32-97-96-31-41(69-48(82)16-8-3-1-2-4-9-25-94-60-51(85)50(84)49(83)44(30-77)95-60)57(91)73-39(27-34-17-19-35(78)20-18-34)55(89)72-38(54(88)70-37)26-33-12-6-5-7-13-33/h5-7,12-13,17-20,36-44,49-51,60,77-78,83-85H,1-4,8-11,14-16,21-32H2,(H2,62,79)(H2,63,80)(H2,64,81)(H,68,86)(H,69,82)(H,70,88)(H,71,92)(H,72,89)(H,73,91)(H,74,87)(H,75,90)(H4,65,66,67)/t36-,37-,38-,39-,40-,41-,42-,43-,44+,49+,50-,51-,60+/m0/s1. The summed E-state index contributed by atoms with van der Waals surface area (Å²) < 4.78 is 11.0. The average Bonchev–Trinajstić information content (AvgIpc) is 1.09. The highest BCUT2D eigenvalue weighted by Gasteiger charge is 2.45. The number of ether oxygens (including phenoxy) is 2. The molecule has 536 valence electrons. The summed E-state index contributed by atoms with van der Waals surface area (Å²) in [5, 5.41) is 70.7. The number of nitrogens with one attached hydrogen (secondary N) is 8. The SMILES string of the molecule is NC(=O)CC[C@@H]1NC(=O)[C@H](Cc2ccccc2)NC(=O)[C@H](Cc2ccc(O)cc2)NC(=O)[C@@H](NC(=O)CCCCCCCCO[C@@H]2O[C@H](CO)[C@@H](O)[C@H](O)[C@@H]2O)CSSC[C@@H](C(=O)N2CCC[C@H]2C(=O)N[C@@H](CCCN=C(N)N)C(=O)NCC(N)=O)NC(=O)[C@H](CC(N)=O)NC1=O. The third-order valence-corrected chi connectivity index (χ3v) is 18.3. The number of phenolic OH excluding ortho intramolecular Hbond substituents is 1. The fourth-order valence-electron chi connectivity index (χ4n) is 10.7. The molecule has 3 aliphatic heterocycles. The minimum Gasteiger partial charge on any atom is -0.508 e. The highest BCUT2D eigenvalue weighted by atomic mass is 33.1. The summed E-state index contributed by atoms with van der Waals surface area (Å²) in [6, 6.07) is 1.80. The molecule has 5 rings (SSSR count). The molecule has 3 fully saturated rings. The van der Waals surface area contributed by atoms with Crippen LogP contribution in [0.1, 0.15) is 101 Å². The molecule has 0 radical (unpaired) electrons. The highest BCUT2D eigenvalue weighted by molar-refractivity contribution is 8.76. The van der Waals surface area contributed by atoms with Crippen LogP contribution in [0.25, 0.3) is 0 Å². The number of phenols is 1. The Balaban J connectivity index is 1.46. The van der Waals surface area contributed by atoms with E-state index in [0.29, 0.717) is 49.7 Å². The Morgan fingerprint density at radius 2 is 1.27 bits per heavy atom. The number of guanidine groups is 1. The van der Waals surface area contributed by atoms with Gasteiger partial charge >= 0.3 is 0 Å². The number of benzene rings is 2. The average molecular weight is 1400 g/mol. The van der Waals surface area contributed by atoms with E-state index >= 15 is 0 Å². The third-order valence-electron chi connectivity index (χ3n) is 15.9. The van der Waals surface area contributed by atoms with Crippen molar-refractivity contribution in [2.45, 2.75) is 182 Å². The zero-order valence-electron chi connectivity index (χ0n) is 53.5. The number of nitrogens with zero attached hydrogens (tertiary/aromatic N) is 2. The molecule has 3 aliphatic rings. The number of amides is 12. The molecule has 0 aliphatic carbocycles. The Morgan fingerprint density at radius 3 is 1.91 bits per heavy atom. The first-order chi connectivity index (χ1) is 46.2. The van der Waals surface area contributed by atoms with E-state index in [9.17, 15) is 83.1 Å². The second kappa shape index (κ2) is 41.0. The van der Waals surface area contributed by atoms with E-state index in [2.05, 4.69) is 47.5 Å². The van der Waals surface area contributed by atoms with E-state index in [1.54, 1.807) is 30.3 Å². The first-order valence-electron chi connectivity index (χ1n) is 31.8. The maximum atomic E-state index is 15.0. The number of likely N-dealkylation sites (tertiary alicyclic amines) is 1. The summed E-state index contributed by atoms with van der Waals surface area (Å²) in [5.41, 5.74) is 28.2. The van der Waals surface area contributed by atoms with Gasteiger partial charge in [-0.1, -0.05) is 89.7 Å². The maximum absolute atomic E-state index is 15.0. The van der Waals surface area contributed by atoms with Crippen LogP contribution in [0.3, 0.4) is 0 Å². The molecule has 0 bridgehead atoms. The third kappa shape index (κ3) is 27.2. The summed E-state index contributed by atoms with van der Waals surface area (Å²) in [4.78, 5) is 171. The van der Waals surface area contributed by atoms with Crippen LogP contribution < -0.4 is 71.2 Å². The van der Waals surface area contributed by atoms with Gasteiger partial charge in [0.2, 0.25) is 70.9 Å². The summed E-state index contributed by atoms with van der Waals surface area (Å²) in [6.45, 7) is -1.05. The fourth-order valence-corrected chi connectivity index (χ4v) is 13.0. The number of hydrogen-bond acceptors (Lipinski definition) is 22. The van der Waals surface area contributed by atoms with Crippen molar-refractivity contribution in [3.63, 3.8) is 0 Å². The molecule has 13 atom stereocenters. The largest absolute Gasteiger partial charge is 0.508 e. The van der Waals surface area contributed by atoms with Gasteiger partial charge in [-0.3, -0.25) is 62.5 Å². The number of hydrogen-bond donors (Lipinski definition) is 18. The lowest BCUT2D eigenvalue weighted by Crippen LogP contribution is -2.61. The lowest BCUT2D eigenvalue weighted by molar-refractivity contribution is -0.301. The number of carbonyl (C=O) groups is 12. The minimum absolute atomic E-state index is 0.0414. The van der Waals surface area contributed by atoms with Gasteiger partial charge in [-0.15, -0.1) is 0 Å². The van der Waals surface area contributed by atoms with Crippen molar-refractivity contribution >= 4 is 98.4 Å². The van der Waals surface area contributed by atoms with Crippen LogP contribution in [0, 0.1) is 0 Å². The second-order valence-corrected chi connectivity index (χ2v) is 26.1. The number of aliphatic hydroxyl groups excluding tert-OH is 4. The van der Waals surface area contributed by atoms with E-state index < -0.39 is 182 Å². The first kappa shape index (κ1) is 79.3. The monoisotopic (exact) mass is 1400 g/mol. The quantitative estimate of drug-likeness (QED) is 0.0145. The number of primary amides is 3. The van der Waals surface area contributed by atoms with E-state index in [4.69, 9.17) is 38.1 Å². The van der Waals surface area contributed by atoms with Gasteiger partial charge in [0.15, 0.2) is 12.2 Å². The number of nitrogens with two attached hydrogens (primary N) is 5. The van der Waals surface area contributed by atoms with Crippen LogP contribution in [-0.2, 0) is 79.8 Å². The summed E-state index contributed by atoms with van der Waals surface area (Å²) >= 11 is 0. The summed E-state index contributed by atoms with van der Waals surface area (Å²) in [7, 11) is 1.87. The topological polar surface area (TPSA) is 566 Å². The van der Waals surface area contributed by atoms with Crippen molar-refractivity contribution in [3.8, 4) is 5.75 Å². The van der Waals surface area contributed by atoms with Crippen molar-refractivity contribution in [2.75, 3.05) is 44.4 Å². The van der Waals surface area contributed by atoms with Gasteiger partial charge in [0.25, 0.3) is 0 Å². The maximum Gasteiger partial charge on any atom is 0.246 e. The van der Waals surface area contributed by atoms with E-state index in [0.717, 1.165) is 26.5 Å². The van der Waals surface area contributed by atoms with Gasteiger partial charge in [0.05, 0.1) is 19.6 Å². The predicted octanol–water partition coefficient (Wildman–Crippen LogP) is -5.70. The normalized spacial score (nSPS) is 24.9. The van der Waals surface area contributed by atoms with Gasteiger partial charge in [0, 0.05) is 56.9 Å².